The van der Waals surface area contributed by atoms with E-state index in [1.54, 1.807) is 6.92 Å². The van der Waals surface area contributed by atoms with Gasteiger partial charge in [-0.05, 0) is 26.2 Å². The molecule has 2 heterocycles. The summed E-state index contributed by atoms with van der Waals surface area (Å²) in [7, 11) is 0. The maximum absolute atomic E-state index is 12.5. The molecule has 9 nitrogen and oxygen atoms in total. The van der Waals surface area contributed by atoms with Crippen molar-refractivity contribution in [1.29, 1.82) is 0 Å². The number of nitrogens with one attached hydrogen (secondary N) is 2. The summed E-state index contributed by atoms with van der Waals surface area (Å²) in [5, 5.41) is 16.3. The Balaban J connectivity index is 1.49. The molecule has 10 heteroatoms. The fraction of sp³-hybridized carbons (Fsp3) is 0.562. The lowest BCUT2D eigenvalue weighted by atomic mass is 9.98. The molecule has 1 aromatic heterocycles. The van der Waals surface area contributed by atoms with Crippen LogP contribution in [0.3, 0.4) is 0 Å². The molecule has 1 spiro atoms. The maximum Gasteiger partial charge on any atom is 0.325 e. The number of carbonyl (C=O) groups is 3. The molecule has 0 atom stereocenters. The van der Waals surface area contributed by atoms with E-state index in [2.05, 4.69) is 10.6 Å². The Hall–Kier alpha value is -2.49. The standard InChI is InChI=1S/C16H20N4O5S/c1-10-11(20(24)25)9-12(26-10)13(21)17-7-4-8-19-14(22)16(18-15(19)23)5-2-3-6-16/h9H,2-8H2,1H3,(H,17,21)(H,18,23). The first kappa shape index (κ1) is 18.3. The lowest BCUT2D eigenvalue weighted by Gasteiger charge is -2.20. The first-order valence-electron chi connectivity index (χ1n) is 8.51. The second kappa shape index (κ2) is 7.02. The molecule has 4 amide bonds. The van der Waals surface area contributed by atoms with Gasteiger partial charge in [0.25, 0.3) is 17.5 Å². The zero-order valence-corrected chi connectivity index (χ0v) is 15.2. The van der Waals surface area contributed by atoms with Gasteiger partial charge >= 0.3 is 6.03 Å². The minimum Gasteiger partial charge on any atom is -0.351 e. The van der Waals surface area contributed by atoms with Crippen LogP contribution in [-0.4, -0.2) is 46.3 Å². The van der Waals surface area contributed by atoms with E-state index >= 15 is 0 Å². The topological polar surface area (TPSA) is 122 Å². The summed E-state index contributed by atoms with van der Waals surface area (Å²) in [6, 6.07) is 0.893. The summed E-state index contributed by atoms with van der Waals surface area (Å²) in [5.41, 5.74) is -0.783. The summed E-state index contributed by atoms with van der Waals surface area (Å²) >= 11 is 1.07. The van der Waals surface area contributed by atoms with Gasteiger partial charge in [0.15, 0.2) is 0 Å². The Morgan fingerprint density at radius 1 is 1.42 bits per heavy atom. The number of carbonyl (C=O) groups excluding carboxylic acids is 3. The van der Waals surface area contributed by atoms with Crippen LogP contribution in [-0.2, 0) is 4.79 Å². The minimum absolute atomic E-state index is 0.0682. The highest BCUT2D eigenvalue weighted by Gasteiger charge is 2.51. The van der Waals surface area contributed by atoms with Gasteiger partial charge in [-0.2, -0.15) is 0 Å². The largest absolute Gasteiger partial charge is 0.351 e. The summed E-state index contributed by atoms with van der Waals surface area (Å²) in [5.74, 6) is -0.563. The number of hydrogen-bond donors (Lipinski definition) is 2. The number of nitrogens with zero attached hydrogens (tertiary/aromatic N) is 2. The third-order valence-electron chi connectivity index (χ3n) is 4.86. The van der Waals surface area contributed by atoms with Crippen LogP contribution in [0.1, 0.15) is 46.7 Å². The SMILES string of the molecule is Cc1sc(C(=O)NCCCN2C(=O)NC3(CCCC3)C2=O)cc1[N+](=O)[O-]. The zero-order chi connectivity index (χ0) is 18.9. The lowest BCUT2D eigenvalue weighted by Crippen LogP contribution is -2.44. The molecule has 2 aliphatic rings. The average Bonchev–Trinajstić information content (AvgIpc) is 3.26. The smallest absolute Gasteiger partial charge is 0.325 e. The van der Waals surface area contributed by atoms with Gasteiger partial charge in [0.1, 0.15) is 5.54 Å². The van der Waals surface area contributed by atoms with Crippen LogP contribution in [0, 0.1) is 17.0 Å². The molecule has 0 radical (unpaired) electrons. The van der Waals surface area contributed by atoms with Crippen molar-refractivity contribution >= 4 is 34.9 Å². The van der Waals surface area contributed by atoms with E-state index in [-0.39, 0.29) is 35.6 Å². The van der Waals surface area contributed by atoms with E-state index in [1.165, 1.54) is 11.0 Å². The molecule has 2 N–H and O–H groups in total. The Bertz CT molecular complexity index is 769. The Morgan fingerprint density at radius 3 is 2.73 bits per heavy atom. The van der Waals surface area contributed by atoms with Crippen molar-refractivity contribution in [3.05, 3.63) is 25.9 Å². The van der Waals surface area contributed by atoms with E-state index in [1.807, 2.05) is 0 Å². The van der Waals surface area contributed by atoms with Crippen LogP contribution in [0.5, 0.6) is 0 Å². The van der Waals surface area contributed by atoms with Gasteiger partial charge in [0.2, 0.25) is 0 Å². The van der Waals surface area contributed by atoms with Gasteiger partial charge in [-0.3, -0.25) is 24.6 Å². The molecule has 0 bridgehead atoms. The molecule has 1 aliphatic carbocycles. The van der Waals surface area contributed by atoms with Crippen LogP contribution < -0.4 is 10.6 Å². The molecular weight excluding hydrogens is 360 g/mol. The third-order valence-corrected chi connectivity index (χ3v) is 5.90. The molecule has 140 valence electrons. The van der Waals surface area contributed by atoms with Crippen LogP contribution in [0.4, 0.5) is 10.5 Å². The fourth-order valence-corrected chi connectivity index (χ4v) is 4.39. The second-order valence-electron chi connectivity index (χ2n) is 6.59. The van der Waals surface area contributed by atoms with Crippen molar-refractivity contribution in [3.8, 4) is 0 Å². The number of amides is 4. The van der Waals surface area contributed by atoms with Gasteiger partial charge in [-0.25, -0.2) is 4.79 Å². The summed E-state index contributed by atoms with van der Waals surface area (Å²) in [6.45, 7) is 2.10. The molecular formula is C16H20N4O5S. The summed E-state index contributed by atoms with van der Waals surface area (Å²) < 4.78 is 0. The molecule has 0 unspecified atom stereocenters. The second-order valence-corrected chi connectivity index (χ2v) is 7.85. The van der Waals surface area contributed by atoms with Gasteiger partial charge in [0.05, 0.1) is 14.7 Å². The molecule has 26 heavy (non-hydrogen) atoms. The number of aryl methyl sites for hydroxylation is 1. The van der Waals surface area contributed by atoms with E-state index < -0.39 is 16.4 Å². The number of nitro groups is 1. The van der Waals surface area contributed by atoms with E-state index in [9.17, 15) is 24.5 Å². The number of thiophene rings is 1. The van der Waals surface area contributed by atoms with E-state index in [0.29, 0.717) is 24.1 Å². The van der Waals surface area contributed by atoms with Crippen molar-refractivity contribution in [1.82, 2.24) is 15.5 Å². The van der Waals surface area contributed by atoms with E-state index in [4.69, 9.17) is 0 Å². The van der Waals surface area contributed by atoms with Gasteiger partial charge in [-0.15, -0.1) is 11.3 Å². The lowest BCUT2D eigenvalue weighted by molar-refractivity contribution is -0.385. The van der Waals surface area contributed by atoms with Gasteiger partial charge in [0, 0.05) is 19.2 Å². The normalized spacial score (nSPS) is 18.4. The van der Waals surface area contributed by atoms with Gasteiger partial charge in [-0.1, -0.05) is 12.8 Å². The van der Waals surface area contributed by atoms with Crippen LogP contribution >= 0.6 is 11.3 Å². The van der Waals surface area contributed by atoms with Gasteiger partial charge < -0.3 is 10.6 Å². The van der Waals surface area contributed by atoms with E-state index in [0.717, 1.165) is 24.2 Å². The molecule has 1 aromatic rings. The quantitative estimate of drug-likeness (QED) is 0.338. The highest BCUT2D eigenvalue weighted by atomic mass is 32.1. The number of hydrogen-bond acceptors (Lipinski definition) is 6. The molecule has 0 aromatic carbocycles. The average molecular weight is 380 g/mol. The molecule has 1 saturated heterocycles. The third kappa shape index (κ3) is 3.28. The Labute approximate surface area is 153 Å². The fourth-order valence-electron chi connectivity index (χ4n) is 3.49. The Morgan fingerprint density at radius 2 is 2.12 bits per heavy atom. The van der Waals surface area contributed by atoms with Crippen LogP contribution in [0.15, 0.2) is 6.07 Å². The van der Waals surface area contributed by atoms with Crippen molar-refractivity contribution in [2.24, 2.45) is 0 Å². The molecule has 1 aliphatic heterocycles. The number of imide groups is 1. The van der Waals surface area contributed by atoms with Crippen molar-refractivity contribution in [3.63, 3.8) is 0 Å². The predicted molar refractivity (Wildman–Crippen MR) is 94.1 cm³/mol. The highest BCUT2D eigenvalue weighted by molar-refractivity contribution is 7.14. The summed E-state index contributed by atoms with van der Waals surface area (Å²) in [4.78, 5) is 48.9. The van der Waals surface area contributed by atoms with Crippen molar-refractivity contribution < 1.29 is 19.3 Å². The monoisotopic (exact) mass is 380 g/mol. The zero-order valence-electron chi connectivity index (χ0n) is 14.4. The van der Waals surface area contributed by atoms with Crippen molar-refractivity contribution in [2.75, 3.05) is 13.1 Å². The molecule has 2 fully saturated rings. The van der Waals surface area contributed by atoms with Crippen LogP contribution in [0.25, 0.3) is 0 Å². The predicted octanol–water partition coefficient (Wildman–Crippen LogP) is 1.95. The molecule has 1 saturated carbocycles. The highest BCUT2D eigenvalue weighted by Crippen LogP contribution is 2.35. The first-order valence-corrected chi connectivity index (χ1v) is 9.33. The minimum atomic E-state index is -0.715. The Kier molecular flexibility index (Phi) is 4.94. The van der Waals surface area contributed by atoms with Crippen molar-refractivity contribution in [2.45, 2.75) is 44.6 Å². The number of urea groups is 1. The maximum atomic E-state index is 12.5. The first-order chi connectivity index (χ1) is 12.3. The number of rotatable bonds is 6. The molecule has 3 rings (SSSR count). The van der Waals surface area contributed by atoms with Crippen LogP contribution in [0.2, 0.25) is 0 Å². The summed E-state index contributed by atoms with van der Waals surface area (Å²) in [6.07, 6.45) is 3.65.